The van der Waals surface area contributed by atoms with E-state index < -0.39 is 0 Å². The van der Waals surface area contributed by atoms with Crippen molar-refractivity contribution in [1.82, 2.24) is 5.32 Å². The van der Waals surface area contributed by atoms with E-state index in [9.17, 15) is 0 Å². The minimum Gasteiger partial charge on any atom is -0.497 e. The second-order valence-electron chi connectivity index (χ2n) is 4.84. The molecule has 3 nitrogen and oxygen atoms in total. The summed E-state index contributed by atoms with van der Waals surface area (Å²) in [5.74, 6) is 0.926. The highest BCUT2D eigenvalue weighted by Gasteiger charge is 2.17. The molecule has 1 aliphatic rings. The minimum absolute atomic E-state index is 0. The van der Waals surface area contributed by atoms with Crippen LogP contribution in [0.4, 0.5) is 0 Å². The number of ether oxygens (including phenoxy) is 1. The molecule has 0 heterocycles. The third kappa shape index (κ3) is 6.00. The molecule has 5 heteroatoms. The molecule has 0 atom stereocenters. The fourth-order valence-corrected chi connectivity index (χ4v) is 2.37. The van der Waals surface area contributed by atoms with Gasteiger partial charge in [0, 0.05) is 18.6 Å². The van der Waals surface area contributed by atoms with Gasteiger partial charge >= 0.3 is 0 Å². The average molecular weight is 307 g/mol. The monoisotopic (exact) mass is 306 g/mol. The van der Waals surface area contributed by atoms with Crippen molar-refractivity contribution in [2.45, 2.75) is 44.3 Å². The van der Waals surface area contributed by atoms with Gasteiger partial charge in [-0.2, -0.15) is 0 Å². The minimum atomic E-state index is 0. The number of nitrogens with one attached hydrogen (secondary N) is 1. The molecule has 1 saturated carbocycles. The van der Waals surface area contributed by atoms with Crippen molar-refractivity contribution in [2.75, 3.05) is 7.11 Å². The third-order valence-corrected chi connectivity index (χ3v) is 3.50. The lowest BCUT2D eigenvalue weighted by Gasteiger charge is -2.27. The maximum Gasteiger partial charge on any atom is 0.119 e. The van der Waals surface area contributed by atoms with Crippen LogP contribution in [0.5, 0.6) is 5.75 Å². The number of methoxy groups -OCH3 is 1. The fourth-order valence-electron chi connectivity index (χ4n) is 2.37. The van der Waals surface area contributed by atoms with Crippen molar-refractivity contribution < 1.29 is 4.74 Å². The Kier molecular flexibility index (Phi) is 9.19. The first-order valence-electron chi connectivity index (χ1n) is 6.40. The Balaban J connectivity index is 0.00000162. The number of nitrogens with two attached hydrogens (primary N) is 1. The molecule has 1 fully saturated rings. The molecular formula is C14H24Cl2N2O. The summed E-state index contributed by atoms with van der Waals surface area (Å²) in [4.78, 5) is 0. The molecule has 1 aliphatic carbocycles. The topological polar surface area (TPSA) is 47.3 Å². The average Bonchev–Trinajstić information content (AvgIpc) is 2.38. The first-order chi connectivity index (χ1) is 8.28. The zero-order valence-corrected chi connectivity index (χ0v) is 12.9. The molecule has 2 rings (SSSR count). The maximum absolute atomic E-state index is 5.90. The van der Waals surface area contributed by atoms with Gasteiger partial charge in [0.15, 0.2) is 0 Å². The summed E-state index contributed by atoms with van der Waals surface area (Å²) in [6, 6.07) is 9.27. The zero-order chi connectivity index (χ0) is 12.1. The molecule has 19 heavy (non-hydrogen) atoms. The fraction of sp³-hybridized carbons (Fsp3) is 0.571. The highest BCUT2D eigenvalue weighted by atomic mass is 35.5. The number of rotatable bonds is 4. The Morgan fingerprint density at radius 2 is 1.89 bits per heavy atom. The van der Waals surface area contributed by atoms with E-state index in [4.69, 9.17) is 10.5 Å². The molecular weight excluding hydrogens is 283 g/mol. The van der Waals surface area contributed by atoms with Gasteiger partial charge in [0.2, 0.25) is 0 Å². The van der Waals surface area contributed by atoms with Crippen LogP contribution in [0.2, 0.25) is 0 Å². The van der Waals surface area contributed by atoms with Crippen molar-refractivity contribution in [3.8, 4) is 5.75 Å². The third-order valence-electron chi connectivity index (χ3n) is 3.50. The maximum atomic E-state index is 5.90. The van der Waals surface area contributed by atoms with E-state index in [1.54, 1.807) is 7.11 Å². The van der Waals surface area contributed by atoms with Crippen LogP contribution < -0.4 is 15.8 Å². The second kappa shape index (κ2) is 9.43. The van der Waals surface area contributed by atoms with Crippen molar-refractivity contribution in [2.24, 2.45) is 5.73 Å². The molecule has 0 aromatic heterocycles. The van der Waals surface area contributed by atoms with E-state index in [1.807, 2.05) is 12.1 Å². The summed E-state index contributed by atoms with van der Waals surface area (Å²) in [5.41, 5.74) is 7.17. The van der Waals surface area contributed by atoms with Gasteiger partial charge in [-0.1, -0.05) is 12.1 Å². The summed E-state index contributed by atoms with van der Waals surface area (Å²) in [7, 11) is 1.70. The van der Waals surface area contributed by atoms with E-state index in [-0.39, 0.29) is 24.8 Å². The van der Waals surface area contributed by atoms with Gasteiger partial charge in [-0.25, -0.2) is 0 Å². The molecule has 0 unspecified atom stereocenters. The summed E-state index contributed by atoms with van der Waals surface area (Å²) < 4.78 is 5.22. The van der Waals surface area contributed by atoms with Crippen LogP contribution in [-0.4, -0.2) is 19.2 Å². The van der Waals surface area contributed by atoms with Crippen molar-refractivity contribution in [3.05, 3.63) is 29.8 Å². The predicted molar refractivity (Wildman–Crippen MR) is 84.6 cm³/mol. The normalized spacial score (nSPS) is 22.0. The first-order valence-corrected chi connectivity index (χ1v) is 6.40. The quantitative estimate of drug-likeness (QED) is 0.899. The van der Waals surface area contributed by atoms with Crippen LogP contribution >= 0.6 is 24.8 Å². The van der Waals surface area contributed by atoms with Crippen LogP contribution in [0.15, 0.2) is 24.3 Å². The molecule has 1 aromatic carbocycles. The Bertz CT molecular complexity index is 355. The highest BCUT2D eigenvalue weighted by Crippen LogP contribution is 2.18. The Labute approximate surface area is 128 Å². The summed E-state index contributed by atoms with van der Waals surface area (Å²) in [6.45, 7) is 0.914. The number of halogens is 2. The molecule has 110 valence electrons. The Morgan fingerprint density at radius 3 is 2.53 bits per heavy atom. The predicted octanol–water partition coefficient (Wildman–Crippen LogP) is 2.90. The summed E-state index contributed by atoms with van der Waals surface area (Å²) in [5, 5.41) is 3.60. The van der Waals surface area contributed by atoms with Gasteiger partial charge in [-0.05, 0) is 43.4 Å². The first kappa shape index (κ1) is 18.5. The molecule has 1 aromatic rings. The zero-order valence-electron chi connectivity index (χ0n) is 11.3. The molecule has 0 saturated heterocycles. The van der Waals surface area contributed by atoms with Crippen molar-refractivity contribution in [3.63, 3.8) is 0 Å². The largest absolute Gasteiger partial charge is 0.497 e. The van der Waals surface area contributed by atoms with E-state index in [0.717, 1.165) is 25.1 Å². The Morgan fingerprint density at radius 1 is 1.21 bits per heavy atom. The van der Waals surface area contributed by atoms with E-state index in [1.165, 1.54) is 18.4 Å². The van der Waals surface area contributed by atoms with E-state index in [2.05, 4.69) is 17.4 Å². The Hall–Kier alpha value is -0.480. The number of hydrogen-bond acceptors (Lipinski definition) is 3. The lowest BCUT2D eigenvalue weighted by Crippen LogP contribution is -2.37. The van der Waals surface area contributed by atoms with E-state index >= 15 is 0 Å². The molecule has 0 bridgehead atoms. The molecule has 0 aliphatic heterocycles. The summed E-state index contributed by atoms with van der Waals surface area (Å²) >= 11 is 0. The second-order valence-corrected chi connectivity index (χ2v) is 4.84. The SMILES string of the molecule is COc1cccc(CNC2CCC(N)CC2)c1.Cl.Cl. The van der Waals surface area contributed by atoms with Crippen LogP contribution in [0.1, 0.15) is 31.2 Å². The van der Waals surface area contributed by atoms with Crippen LogP contribution in [0.3, 0.4) is 0 Å². The molecule has 3 N–H and O–H groups in total. The number of benzene rings is 1. The lowest BCUT2D eigenvalue weighted by molar-refractivity contribution is 0.341. The number of hydrogen-bond donors (Lipinski definition) is 2. The smallest absolute Gasteiger partial charge is 0.119 e. The van der Waals surface area contributed by atoms with Crippen molar-refractivity contribution >= 4 is 24.8 Å². The molecule has 0 spiro atoms. The van der Waals surface area contributed by atoms with Gasteiger partial charge in [0.05, 0.1) is 7.11 Å². The van der Waals surface area contributed by atoms with Gasteiger partial charge in [-0.15, -0.1) is 24.8 Å². The molecule has 0 amide bonds. The van der Waals surface area contributed by atoms with E-state index in [0.29, 0.717) is 12.1 Å². The molecule has 0 radical (unpaired) electrons. The van der Waals surface area contributed by atoms with Gasteiger partial charge in [0.25, 0.3) is 0 Å². The lowest BCUT2D eigenvalue weighted by atomic mass is 9.92. The van der Waals surface area contributed by atoms with Gasteiger partial charge in [0.1, 0.15) is 5.75 Å². The van der Waals surface area contributed by atoms with Crippen molar-refractivity contribution in [1.29, 1.82) is 0 Å². The van der Waals surface area contributed by atoms with Gasteiger partial charge < -0.3 is 15.8 Å². The highest BCUT2D eigenvalue weighted by molar-refractivity contribution is 5.85. The van der Waals surface area contributed by atoms with Crippen LogP contribution in [-0.2, 0) is 6.54 Å². The standard InChI is InChI=1S/C14H22N2O.2ClH/c1-17-14-4-2-3-11(9-14)10-16-13-7-5-12(15)6-8-13;;/h2-4,9,12-13,16H,5-8,10,15H2,1H3;2*1H. The van der Waals surface area contributed by atoms with Gasteiger partial charge in [-0.3, -0.25) is 0 Å². The summed E-state index contributed by atoms with van der Waals surface area (Å²) in [6.07, 6.45) is 4.70. The van der Waals surface area contributed by atoms with Crippen LogP contribution in [0.25, 0.3) is 0 Å². The van der Waals surface area contributed by atoms with Crippen LogP contribution in [0, 0.1) is 0 Å².